The summed E-state index contributed by atoms with van der Waals surface area (Å²) in [5.74, 6) is -0.172. The summed E-state index contributed by atoms with van der Waals surface area (Å²) in [6, 6.07) is 8.94. The van der Waals surface area contributed by atoms with E-state index in [0.29, 0.717) is 16.9 Å². The van der Waals surface area contributed by atoms with Gasteiger partial charge in [0.1, 0.15) is 0 Å². The predicted octanol–water partition coefficient (Wildman–Crippen LogP) is 2.53. The maximum atomic E-state index is 12.1. The standard InChI is InChI=1S/C14H15N3O/c1-9-12(15)6-3-7-13(9)17-14(18)11-5-4-8-16-10(11)2/h3-8H,15H2,1-2H3,(H,17,18). The maximum absolute atomic E-state index is 12.1. The molecule has 0 bridgehead atoms. The van der Waals surface area contributed by atoms with Crippen molar-refractivity contribution in [1.29, 1.82) is 0 Å². The summed E-state index contributed by atoms with van der Waals surface area (Å²) in [4.78, 5) is 16.2. The summed E-state index contributed by atoms with van der Waals surface area (Å²) in [6.45, 7) is 3.68. The molecule has 0 aliphatic rings. The van der Waals surface area contributed by atoms with Crippen LogP contribution >= 0.6 is 0 Å². The first-order valence-electron chi connectivity index (χ1n) is 5.67. The van der Waals surface area contributed by atoms with Crippen LogP contribution in [-0.2, 0) is 0 Å². The van der Waals surface area contributed by atoms with E-state index in [1.807, 2.05) is 19.1 Å². The molecule has 4 nitrogen and oxygen atoms in total. The second kappa shape index (κ2) is 4.87. The Bertz CT molecular complexity index is 593. The number of carbonyl (C=O) groups is 1. The molecule has 2 rings (SSSR count). The van der Waals surface area contributed by atoms with Crippen molar-refractivity contribution in [1.82, 2.24) is 4.98 Å². The van der Waals surface area contributed by atoms with Gasteiger partial charge in [-0.3, -0.25) is 9.78 Å². The lowest BCUT2D eigenvalue weighted by Crippen LogP contribution is -2.15. The molecule has 18 heavy (non-hydrogen) atoms. The number of aromatic nitrogens is 1. The molecule has 0 spiro atoms. The summed E-state index contributed by atoms with van der Waals surface area (Å²) < 4.78 is 0. The number of amides is 1. The van der Waals surface area contributed by atoms with Crippen LogP contribution in [0.3, 0.4) is 0 Å². The fourth-order valence-electron chi connectivity index (χ4n) is 1.70. The minimum absolute atomic E-state index is 0.172. The van der Waals surface area contributed by atoms with Crippen molar-refractivity contribution in [2.75, 3.05) is 11.1 Å². The second-order valence-electron chi connectivity index (χ2n) is 4.11. The largest absolute Gasteiger partial charge is 0.398 e. The molecule has 3 N–H and O–H groups in total. The van der Waals surface area contributed by atoms with Gasteiger partial charge in [-0.2, -0.15) is 0 Å². The number of anilines is 2. The van der Waals surface area contributed by atoms with Crippen LogP contribution in [0.5, 0.6) is 0 Å². The molecule has 0 saturated heterocycles. The first kappa shape index (κ1) is 12.1. The average Bonchev–Trinajstić information content (AvgIpc) is 2.35. The normalized spacial score (nSPS) is 10.1. The molecule has 1 amide bonds. The van der Waals surface area contributed by atoms with Gasteiger partial charge in [0.15, 0.2) is 0 Å². The molecule has 0 fully saturated rings. The molecule has 0 saturated carbocycles. The van der Waals surface area contributed by atoms with Gasteiger partial charge in [0.2, 0.25) is 0 Å². The molecule has 4 heteroatoms. The Labute approximate surface area is 106 Å². The summed E-state index contributed by atoms with van der Waals surface area (Å²) >= 11 is 0. The number of aryl methyl sites for hydroxylation is 1. The highest BCUT2D eigenvalue weighted by Gasteiger charge is 2.11. The zero-order chi connectivity index (χ0) is 13.1. The van der Waals surface area contributed by atoms with Gasteiger partial charge in [-0.15, -0.1) is 0 Å². The fourth-order valence-corrected chi connectivity index (χ4v) is 1.70. The van der Waals surface area contributed by atoms with Crippen LogP contribution in [0.2, 0.25) is 0 Å². The van der Waals surface area contributed by atoms with Crippen molar-refractivity contribution in [3.8, 4) is 0 Å². The Morgan fingerprint density at radius 3 is 2.72 bits per heavy atom. The molecule has 1 heterocycles. The zero-order valence-electron chi connectivity index (χ0n) is 10.4. The highest BCUT2D eigenvalue weighted by Crippen LogP contribution is 2.21. The third-order valence-electron chi connectivity index (χ3n) is 2.88. The van der Waals surface area contributed by atoms with Crippen LogP contribution in [0.15, 0.2) is 36.5 Å². The van der Waals surface area contributed by atoms with E-state index in [1.165, 1.54) is 0 Å². The lowest BCUT2D eigenvalue weighted by molar-refractivity contribution is 0.102. The summed E-state index contributed by atoms with van der Waals surface area (Å²) in [5.41, 5.74) is 9.33. The first-order chi connectivity index (χ1) is 8.59. The van der Waals surface area contributed by atoms with Crippen LogP contribution in [-0.4, -0.2) is 10.9 Å². The minimum atomic E-state index is -0.172. The number of nitrogen functional groups attached to an aromatic ring is 1. The van der Waals surface area contributed by atoms with Gasteiger partial charge >= 0.3 is 0 Å². The number of rotatable bonds is 2. The number of nitrogens with two attached hydrogens (primary N) is 1. The number of hydrogen-bond acceptors (Lipinski definition) is 3. The highest BCUT2D eigenvalue weighted by molar-refractivity contribution is 6.05. The van der Waals surface area contributed by atoms with Gasteiger partial charge in [0.25, 0.3) is 5.91 Å². The monoisotopic (exact) mass is 241 g/mol. The molecular formula is C14H15N3O. The molecule has 0 atom stereocenters. The second-order valence-corrected chi connectivity index (χ2v) is 4.11. The van der Waals surface area contributed by atoms with E-state index in [9.17, 15) is 4.79 Å². The van der Waals surface area contributed by atoms with Crippen molar-refractivity contribution >= 4 is 17.3 Å². The number of nitrogens with one attached hydrogen (secondary N) is 1. The van der Waals surface area contributed by atoms with E-state index in [0.717, 1.165) is 11.3 Å². The molecule has 0 aliphatic heterocycles. The van der Waals surface area contributed by atoms with E-state index in [-0.39, 0.29) is 5.91 Å². The van der Waals surface area contributed by atoms with Crippen LogP contribution < -0.4 is 11.1 Å². The summed E-state index contributed by atoms with van der Waals surface area (Å²) in [6.07, 6.45) is 1.66. The molecule has 0 radical (unpaired) electrons. The summed E-state index contributed by atoms with van der Waals surface area (Å²) in [5, 5.41) is 2.85. The SMILES string of the molecule is Cc1ncccc1C(=O)Nc1cccc(N)c1C. The lowest BCUT2D eigenvalue weighted by Gasteiger charge is -2.10. The molecule has 2 aromatic rings. The maximum Gasteiger partial charge on any atom is 0.257 e. The van der Waals surface area contributed by atoms with Gasteiger partial charge in [-0.25, -0.2) is 0 Å². The van der Waals surface area contributed by atoms with Crippen LogP contribution in [0.1, 0.15) is 21.6 Å². The van der Waals surface area contributed by atoms with E-state index in [4.69, 9.17) is 5.73 Å². The van der Waals surface area contributed by atoms with Crippen molar-refractivity contribution in [3.05, 3.63) is 53.3 Å². The Morgan fingerprint density at radius 2 is 2.00 bits per heavy atom. The first-order valence-corrected chi connectivity index (χ1v) is 5.67. The number of carbonyl (C=O) groups excluding carboxylic acids is 1. The minimum Gasteiger partial charge on any atom is -0.398 e. The molecular weight excluding hydrogens is 226 g/mol. The van der Waals surface area contributed by atoms with Crippen molar-refractivity contribution < 1.29 is 4.79 Å². The number of pyridine rings is 1. The van der Waals surface area contributed by atoms with Crippen LogP contribution in [0, 0.1) is 13.8 Å². The third-order valence-corrected chi connectivity index (χ3v) is 2.88. The lowest BCUT2D eigenvalue weighted by atomic mass is 10.1. The van der Waals surface area contributed by atoms with E-state index in [2.05, 4.69) is 10.3 Å². The van der Waals surface area contributed by atoms with Crippen LogP contribution in [0.4, 0.5) is 11.4 Å². The van der Waals surface area contributed by atoms with Gasteiger partial charge in [0, 0.05) is 23.3 Å². The topological polar surface area (TPSA) is 68.0 Å². The summed E-state index contributed by atoms with van der Waals surface area (Å²) in [7, 11) is 0. The number of benzene rings is 1. The van der Waals surface area contributed by atoms with Gasteiger partial charge in [0.05, 0.1) is 5.56 Å². The van der Waals surface area contributed by atoms with Crippen molar-refractivity contribution in [3.63, 3.8) is 0 Å². The van der Waals surface area contributed by atoms with Gasteiger partial charge < -0.3 is 11.1 Å². The third kappa shape index (κ3) is 2.32. The average molecular weight is 241 g/mol. The Morgan fingerprint density at radius 1 is 1.22 bits per heavy atom. The predicted molar refractivity (Wildman–Crippen MR) is 72.5 cm³/mol. The van der Waals surface area contributed by atoms with Crippen LogP contribution in [0.25, 0.3) is 0 Å². The van der Waals surface area contributed by atoms with E-state index < -0.39 is 0 Å². The molecule has 0 unspecified atom stereocenters. The smallest absolute Gasteiger partial charge is 0.257 e. The molecule has 0 aliphatic carbocycles. The zero-order valence-corrected chi connectivity index (χ0v) is 10.4. The number of hydrogen-bond donors (Lipinski definition) is 2. The van der Waals surface area contributed by atoms with Gasteiger partial charge in [-0.1, -0.05) is 6.07 Å². The van der Waals surface area contributed by atoms with Crippen molar-refractivity contribution in [2.24, 2.45) is 0 Å². The van der Waals surface area contributed by atoms with Gasteiger partial charge in [-0.05, 0) is 43.7 Å². The molecule has 1 aromatic carbocycles. The quantitative estimate of drug-likeness (QED) is 0.794. The fraction of sp³-hybridized carbons (Fsp3) is 0.143. The Balaban J connectivity index is 2.27. The number of nitrogens with zero attached hydrogens (tertiary/aromatic N) is 1. The molecule has 92 valence electrons. The van der Waals surface area contributed by atoms with E-state index in [1.54, 1.807) is 31.3 Å². The molecule has 1 aromatic heterocycles. The Kier molecular flexibility index (Phi) is 3.28. The highest BCUT2D eigenvalue weighted by atomic mass is 16.1. The van der Waals surface area contributed by atoms with Crippen molar-refractivity contribution in [2.45, 2.75) is 13.8 Å². The Hall–Kier alpha value is -2.36. The van der Waals surface area contributed by atoms with E-state index >= 15 is 0 Å².